The van der Waals surface area contributed by atoms with E-state index in [2.05, 4.69) is 4.98 Å². The molecule has 0 amide bonds. The van der Waals surface area contributed by atoms with Gasteiger partial charge in [0.05, 0.1) is 5.52 Å². The molecule has 3 aromatic rings. The predicted octanol–water partition coefficient (Wildman–Crippen LogP) is 5.01. The summed E-state index contributed by atoms with van der Waals surface area (Å²) in [5.74, 6) is -0.330. The van der Waals surface area contributed by atoms with Crippen molar-refractivity contribution in [1.29, 1.82) is 0 Å². The Kier molecular flexibility index (Phi) is 3.80. The topological polar surface area (TPSA) is 33.1 Å². The summed E-state index contributed by atoms with van der Waals surface area (Å²) in [6.45, 7) is 4.00. The third kappa shape index (κ3) is 2.54. The lowest BCUT2D eigenvalue weighted by molar-refractivity contribution is 0.458. The molecule has 0 aliphatic rings. The SMILES string of the molecule is CCCc1c(O)cc(-c2ccc3c(C)ccnc3c2)cc1F. The highest BCUT2D eigenvalue weighted by Gasteiger charge is 2.11. The van der Waals surface area contributed by atoms with E-state index in [1.165, 1.54) is 6.07 Å². The molecule has 0 atom stereocenters. The Morgan fingerprint density at radius 1 is 1.09 bits per heavy atom. The number of hydrogen-bond acceptors (Lipinski definition) is 2. The first-order chi connectivity index (χ1) is 10.6. The van der Waals surface area contributed by atoms with Crippen LogP contribution in [0.5, 0.6) is 5.75 Å². The Hall–Kier alpha value is -2.42. The molecule has 22 heavy (non-hydrogen) atoms. The Balaban J connectivity index is 2.11. The number of aromatic hydroxyl groups is 1. The van der Waals surface area contributed by atoms with Crippen LogP contribution in [0.4, 0.5) is 4.39 Å². The molecule has 3 rings (SSSR count). The minimum atomic E-state index is -0.353. The van der Waals surface area contributed by atoms with Crippen LogP contribution in [0.25, 0.3) is 22.0 Å². The molecule has 3 heteroatoms. The lowest BCUT2D eigenvalue weighted by Crippen LogP contribution is -1.92. The second-order valence-corrected chi connectivity index (χ2v) is 5.57. The Morgan fingerprint density at radius 2 is 1.91 bits per heavy atom. The zero-order valence-corrected chi connectivity index (χ0v) is 12.7. The quantitative estimate of drug-likeness (QED) is 0.737. The number of benzene rings is 2. The lowest BCUT2D eigenvalue weighted by atomic mass is 9.98. The van der Waals surface area contributed by atoms with Crippen molar-refractivity contribution in [3.05, 3.63) is 59.5 Å². The van der Waals surface area contributed by atoms with Gasteiger partial charge in [-0.05, 0) is 54.3 Å². The molecule has 2 aromatic carbocycles. The van der Waals surface area contributed by atoms with Gasteiger partial charge in [0.2, 0.25) is 0 Å². The van der Waals surface area contributed by atoms with E-state index < -0.39 is 0 Å². The van der Waals surface area contributed by atoms with Gasteiger partial charge >= 0.3 is 0 Å². The standard InChI is InChI=1S/C19H18FNO/c1-3-4-16-17(20)9-14(11-19(16)22)13-5-6-15-12(2)7-8-21-18(15)10-13/h5-11,22H,3-4H2,1-2H3. The molecular formula is C19H18FNO. The van der Waals surface area contributed by atoms with Crippen LogP contribution in [-0.4, -0.2) is 10.1 Å². The maximum absolute atomic E-state index is 14.2. The second-order valence-electron chi connectivity index (χ2n) is 5.57. The minimum absolute atomic E-state index is 0.0224. The molecule has 0 radical (unpaired) electrons. The van der Waals surface area contributed by atoms with E-state index in [4.69, 9.17) is 0 Å². The van der Waals surface area contributed by atoms with Crippen LogP contribution < -0.4 is 0 Å². The molecule has 0 aliphatic carbocycles. The van der Waals surface area contributed by atoms with Crippen molar-refractivity contribution in [3.63, 3.8) is 0 Å². The van der Waals surface area contributed by atoms with Gasteiger partial charge < -0.3 is 5.11 Å². The summed E-state index contributed by atoms with van der Waals surface area (Å²) >= 11 is 0. The highest BCUT2D eigenvalue weighted by Crippen LogP contribution is 2.31. The number of aromatic nitrogens is 1. The fraction of sp³-hybridized carbons (Fsp3) is 0.211. The van der Waals surface area contributed by atoms with Crippen molar-refractivity contribution in [2.45, 2.75) is 26.7 Å². The van der Waals surface area contributed by atoms with Crippen LogP contribution in [-0.2, 0) is 6.42 Å². The van der Waals surface area contributed by atoms with Gasteiger partial charge in [-0.25, -0.2) is 4.39 Å². The number of halogens is 1. The van der Waals surface area contributed by atoms with Gasteiger partial charge in [-0.15, -0.1) is 0 Å². The molecule has 1 aromatic heterocycles. The van der Waals surface area contributed by atoms with E-state index in [1.54, 1.807) is 12.3 Å². The van der Waals surface area contributed by atoms with Crippen LogP contribution >= 0.6 is 0 Å². The van der Waals surface area contributed by atoms with Crippen molar-refractivity contribution in [2.75, 3.05) is 0 Å². The normalized spacial score (nSPS) is 11.0. The Bertz CT molecular complexity index is 819. The van der Waals surface area contributed by atoms with E-state index in [1.807, 2.05) is 38.1 Å². The summed E-state index contributed by atoms with van der Waals surface area (Å²) in [6.07, 6.45) is 3.10. The van der Waals surface area contributed by atoms with Crippen molar-refractivity contribution < 1.29 is 9.50 Å². The number of phenols is 1. The first-order valence-electron chi connectivity index (χ1n) is 7.47. The van der Waals surface area contributed by atoms with Crippen LogP contribution in [0.15, 0.2) is 42.6 Å². The third-order valence-electron chi connectivity index (χ3n) is 3.97. The summed E-state index contributed by atoms with van der Waals surface area (Å²) in [6, 6.07) is 10.9. The van der Waals surface area contributed by atoms with Crippen LogP contribution in [0.1, 0.15) is 24.5 Å². The van der Waals surface area contributed by atoms with Gasteiger partial charge in [0.1, 0.15) is 11.6 Å². The van der Waals surface area contributed by atoms with Gasteiger partial charge in [-0.3, -0.25) is 4.98 Å². The zero-order chi connectivity index (χ0) is 15.7. The fourth-order valence-corrected chi connectivity index (χ4v) is 2.76. The number of hydrogen-bond donors (Lipinski definition) is 1. The smallest absolute Gasteiger partial charge is 0.130 e. The maximum Gasteiger partial charge on any atom is 0.130 e. The molecule has 0 aliphatic heterocycles. The monoisotopic (exact) mass is 295 g/mol. The Labute approximate surface area is 129 Å². The molecular weight excluding hydrogens is 277 g/mol. The van der Waals surface area contributed by atoms with Gasteiger partial charge in [0.25, 0.3) is 0 Å². The molecule has 2 nitrogen and oxygen atoms in total. The molecule has 1 N–H and O–H groups in total. The molecule has 112 valence electrons. The van der Waals surface area contributed by atoms with Gasteiger partial charge in [-0.1, -0.05) is 25.5 Å². The lowest BCUT2D eigenvalue weighted by Gasteiger charge is -2.10. The third-order valence-corrected chi connectivity index (χ3v) is 3.97. The van der Waals surface area contributed by atoms with Crippen molar-refractivity contribution >= 4 is 10.9 Å². The van der Waals surface area contributed by atoms with Gasteiger partial charge in [0.15, 0.2) is 0 Å². The van der Waals surface area contributed by atoms with E-state index >= 15 is 0 Å². The molecule has 0 saturated carbocycles. The Morgan fingerprint density at radius 3 is 2.64 bits per heavy atom. The number of fused-ring (bicyclic) bond motifs is 1. The minimum Gasteiger partial charge on any atom is -0.508 e. The molecule has 0 bridgehead atoms. The summed E-state index contributed by atoms with van der Waals surface area (Å²) < 4.78 is 14.2. The highest BCUT2D eigenvalue weighted by atomic mass is 19.1. The molecule has 0 spiro atoms. The number of nitrogens with zero attached hydrogens (tertiary/aromatic N) is 1. The van der Waals surface area contributed by atoms with Crippen molar-refractivity contribution in [2.24, 2.45) is 0 Å². The average molecular weight is 295 g/mol. The van der Waals surface area contributed by atoms with Gasteiger partial charge in [0, 0.05) is 17.1 Å². The van der Waals surface area contributed by atoms with E-state index in [0.717, 1.165) is 28.5 Å². The first-order valence-corrected chi connectivity index (χ1v) is 7.47. The largest absolute Gasteiger partial charge is 0.508 e. The highest BCUT2D eigenvalue weighted by molar-refractivity contribution is 5.86. The van der Waals surface area contributed by atoms with Crippen LogP contribution in [0.3, 0.4) is 0 Å². The van der Waals surface area contributed by atoms with E-state index in [0.29, 0.717) is 17.5 Å². The second kappa shape index (κ2) is 5.76. The number of phenolic OH excluding ortho intramolecular Hbond substituents is 1. The summed E-state index contributed by atoms with van der Waals surface area (Å²) in [5, 5.41) is 11.1. The van der Waals surface area contributed by atoms with Crippen molar-refractivity contribution in [1.82, 2.24) is 4.98 Å². The predicted molar refractivity (Wildman–Crippen MR) is 87.5 cm³/mol. The first kappa shape index (κ1) is 14.5. The zero-order valence-electron chi connectivity index (χ0n) is 12.7. The number of aryl methyl sites for hydroxylation is 1. The summed E-state index contributed by atoms with van der Waals surface area (Å²) in [7, 11) is 0. The number of rotatable bonds is 3. The molecule has 0 unspecified atom stereocenters. The van der Waals surface area contributed by atoms with Crippen LogP contribution in [0, 0.1) is 12.7 Å². The van der Waals surface area contributed by atoms with Gasteiger partial charge in [-0.2, -0.15) is 0 Å². The maximum atomic E-state index is 14.2. The fourth-order valence-electron chi connectivity index (χ4n) is 2.76. The molecule has 1 heterocycles. The summed E-state index contributed by atoms with van der Waals surface area (Å²) in [5.41, 5.74) is 3.93. The molecule has 0 saturated heterocycles. The van der Waals surface area contributed by atoms with E-state index in [9.17, 15) is 9.50 Å². The van der Waals surface area contributed by atoms with E-state index in [-0.39, 0.29) is 11.6 Å². The molecule has 0 fully saturated rings. The summed E-state index contributed by atoms with van der Waals surface area (Å²) in [4.78, 5) is 4.36. The average Bonchev–Trinajstić information content (AvgIpc) is 2.50. The van der Waals surface area contributed by atoms with Crippen LogP contribution in [0.2, 0.25) is 0 Å². The van der Waals surface area contributed by atoms with Crippen molar-refractivity contribution in [3.8, 4) is 16.9 Å². The number of pyridine rings is 1.